The Morgan fingerprint density at radius 3 is 2.39 bits per heavy atom. The lowest BCUT2D eigenvalue weighted by molar-refractivity contribution is -0.387. The molecule has 18 heavy (non-hydrogen) atoms. The second kappa shape index (κ2) is 6.39. The monoisotopic (exact) mass is 249 g/mol. The molecule has 0 saturated carbocycles. The molecule has 0 unspecified atom stereocenters. The Kier molecular flexibility index (Phi) is 4.86. The SMILES string of the molecule is CC.O=[N+]([O-])c1cc(-c2ncccn2)ccc1F. The summed E-state index contributed by atoms with van der Waals surface area (Å²) in [5.74, 6) is -0.546. The molecule has 0 aliphatic carbocycles. The van der Waals surface area contributed by atoms with Crippen LogP contribution in [0.15, 0.2) is 36.7 Å². The van der Waals surface area contributed by atoms with Crippen LogP contribution in [0.5, 0.6) is 0 Å². The van der Waals surface area contributed by atoms with Crippen LogP contribution in [-0.2, 0) is 0 Å². The zero-order valence-electron chi connectivity index (χ0n) is 10.0. The number of hydrogen-bond donors (Lipinski definition) is 0. The zero-order chi connectivity index (χ0) is 13.5. The van der Waals surface area contributed by atoms with E-state index in [-0.39, 0.29) is 0 Å². The van der Waals surface area contributed by atoms with Gasteiger partial charge < -0.3 is 0 Å². The second-order valence-corrected chi connectivity index (χ2v) is 3.00. The number of hydrogen-bond acceptors (Lipinski definition) is 4. The fraction of sp³-hybridized carbons (Fsp3) is 0.167. The Labute approximate surface area is 103 Å². The van der Waals surface area contributed by atoms with Crippen molar-refractivity contribution in [2.45, 2.75) is 13.8 Å². The van der Waals surface area contributed by atoms with Crippen LogP contribution < -0.4 is 0 Å². The average Bonchev–Trinajstić information content (AvgIpc) is 2.42. The number of aromatic nitrogens is 2. The number of benzene rings is 1. The molecule has 0 aliphatic heterocycles. The summed E-state index contributed by atoms with van der Waals surface area (Å²) in [5, 5.41) is 10.5. The second-order valence-electron chi connectivity index (χ2n) is 3.00. The summed E-state index contributed by atoms with van der Waals surface area (Å²) in [7, 11) is 0. The third-order valence-electron chi connectivity index (χ3n) is 1.97. The number of halogens is 1. The highest BCUT2D eigenvalue weighted by molar-refractivity contribution is 5.59. The van der Waals surface area contributed by atoms with Gasteiger partial charge in [-0.1, -0.05) is 13.8 Å². The van der Waals surface area contributed by atoms with Gasteiger partial charge in [-0.05, 0) is 18.2 Å². The van der Waals surface area contributed by atoms with Crippen molar-refractivity contribution in [3.05, 3.63) is 52.6 Å². The lowest BCUT2D eigenvalue weighted by Crippen LogP contribution is -1.94. The molecular weight excluding hydrogens is 237 g/mol. The summed E-state index contributed by atoms with van der Waals surface area (Å²) in [6.45, 7) is 4.00. The van der Waals surface area contributed by atoms with Gasteiger partial charge in [0.15, 0.2) is 5.82 Å². The average molecular weight is 249 g/mol. The topological polar surface area (TPSA) is 68.9 Å². The first-order valence-corrected chi connectivity index (χ1v) is 5.40. The summed E-state index contributed by atoms with van der Waals surface area (Å²) in [6, 6.07) is 5.17. The first-order chi connectivity index (χ1) is 8.68. The van der Waals surface area contributed by atoms with Crippen molar-refractivity contribution in [1.29, 1.82) is 0 Å². The first kappa shape index (κ1) is 13.7. The van der Waals surface area contributed by atoms with Crippen molar-refractivity contribution >= 4 is 5.69 Å². The molecule has 1 heterocycles. The van der Waals surface area contributed by atoms with E-state index in [2.05, 4.69) is 9.97 Å². The normalized spacial score (nSPS) is 9.28. The Bertz CT molecular complexity index is 532. The summed E-state index contributed by atoms with van der Waals surface area (Å²) in [6.07, 6.45) is 3.02. The van der Waals surface area contributed by atoms with Crippen LogP contribution in [0, 0.1) is 15.9 Å². The molecule has 1 aromatic heterocycles. The summed E-state index contributed by atoms with van der Waals surface area (Å²) in [5.41, 5.74) is -0.168. The van der Waals surface area contributed by atoms with Crippen molar-refractivity contribution in [3.63, 3.8) is 0 Å². The van der Waals surface area contributed by atoms with Crippen molar-refractivity contribution in [2.24, 2.45) is 0 Å². The van der Waals surface area contributed by atoms with Gasteiger partial charge in [0, 0.05) is 24.0 Å². The smallest absolute Gasteiger partial charge is 0.258 e. The predicted molar refractivity (Wildman–Crippen MR) is 65.4 cm³/mol. The van der Waals surface area contributed by atoms with E-state index >= 15 is 0 Å². The molecule has 94 valence electrons. The number of nitrogens with zero attached hydrogens (tertiary/aromatic N) is 3. The molecule has 0 saturated heterocycles. The van der Waals surface area contributed by atoms with E-state index in [0.717, 1.165) is 12.1 Å². The van der Waals surface area contributed by atoms with Crippen LogP contribution >= 0.6 is 0 Å². The fourth-order valence-electron chi connectivity index (χ4n) is 1.24. The molecule has 0 aliphatic rings. The fourth-order valence-corrected chi connectivity index (χ4v) is 1.24. The molecule has 2 rings (SSSR count). The quantitative estimate of drug-likeness (QED) is 0.605. The van der Waals surface area contributed by atoms with Gasteiger partial charge in [-0.3, -0.25) is 10.1 Å². The lowest BCUT2D eigenvalue weighted by Gasteiger charge is -1.99. The number of nitro benzene ring substituents is 1. The predicted octanol–water partition coefficient (Wildman–Crippen LogP) is 3.22. The maximum atomic E-state index is 13.1. The molecule has 6 heteroatoms. The minimum atomic E-state index is -0.871. The lowest BCUT2D eigenvalue weighted by atomic mass is 10.2. The summed E-state index contributed by atoms with van der Waals surface area (Å²) < 4.78 is 13.1. The molecule has 0 radical (unpaired) electrons. The minimum Gasteiger partial charge on any atom is -0.258 e. The first-order valence-electron chi connectivity index (χ1n) is 5.40. The molecule has 5 nitrogen and oxygen atoms in total. The third-order valence-corrected chi connectivity index (χ3v) is 1.97. The largest absolute Gasteiger partial charge is 0.305 e. The van der Waals surface area contributed by atoms with Gasteiger partial charge in [0.05, 0.1) is 4.92 Å². The van der Waals surface area contributed by atoms with Crippen LogP contribution in [0.3, 0.4) is 0 Å². The van der Waals surface area contributed by atoms with Crippen LogP contribution in [0.4, 0.5) is 10.1 Å². The van der Waals surface area contributed by atoms with Crippen LogP contribution in [0.1, 0.15) is 13.8 Å². The van der Waals surface area contributed by atoms with Gasteiger partial charge in [-0.2, -0.15) is 4.39 Å². The Morgan fingerprint density at radius 1 is 1.22 bits per heavy atom. The van der Waals surface area contributed by atoms with E-state index in [0.29, 0.717) is 11.4 Å². The van der Waals surface area contributed by atoms with Gasteiger partial charge in [0.1, 0.15) is 0 Å². The van der Waals surface area contributed by atoms with Crippen molar-refractivity contribution < 1.29 is 9.31 Å². The van der Waals surface area contributed by atoms with Gasteiger partial charge in [0.25, 0.3) is 0 Å². The highest BCUT2D eigenvalue weighted by Gasteiger charge is 2.15. The maximum Gasteiger partial charge on any atom is 0.305 e. The standard InChI is InChI=1S/C10H6FN3O2.C2H6/c11-8-3-2-7(6-9(8)14(15)16)10-12-4-1-5-13-10;1-2/h1-6H;1-2H3. The van der Waals surface area contributed by atoms with Crippen LogP contribution in [0.2, 0.25) is 0 Å². The van der Waals surface area contributed by atoms with E-state index in [9.17, 15) is 14.5 Å². The molecular formula is C12H12FN3O2. The van der Waals surface area contributed by atoms with Crippen molar-refractivity contribution in [2.75, 3.05) is 0 Å². The van der Waals surface area contributed by atoms with Gasteiger partial charge in [-0.25, -0.2) is 9.97 Å². The van der Waals surface area contributed by atoms with Gasteiger partial charge in [0.2, 0.25) is 5.82 Å². The van der Waals surface area contributed by atoms with Crippen LogP contribution in [0.25, 0.3) is 11.4 Å². The van der Waals surface area contributed by atoms with Gasteiger partial charge >= 0.3 is 5.69 Å². The van der Waals surface area contributed by atoms with Crippen molar-refractivity contribution in [1.82, 2.24) is 9.97 Å². The molecule has 0 atom stereocenters. The maximum absolute atomic E-state index is 13.1. The van der Waals surface area contributed by atoms with Gasteiger partial charge in [-0.15, -0.1) is 0 Å². The molecule has 0 N–H and O–H groups in total. The number of nitro groups is 1. The molecule has 0 fully saturated rings. The van der Waals surface area contributed by atoms with E-state index < -0.39 is 16.4 Å². The molecule has 0 spiro atoms. The minimum absolute atomic E-state index is 0.325. The summed E-state index contributed by atoms with van der Waals surface area (Å²) in [4.78, 5) is 17.6. The van der Waals surface area contributed by atoms with Crippen LogP contribution in [-0.4, -0.2) is 14.9 Å². The Balaban J connectivity index is 0.000000771. The van der Waals surface area contributed by atoms with E-state index in [1.54, 1.807) is 6.07 Å². The zero-order valence-corrected chi connectivity index (χ0v) is 10.0. The van der Waals surface area contributed by atoms with E-state index in [1.807, 2.05) is 13.8 Å². The highest BCUT2D eigenvalue weighted by atomic mass is 19.1. The summed E-state index contributed by atoms with van der Waals surface area (Å²) >= 11 is 0. The Morgan fingerprint density at radius 2 is 1.83 bits per heavy atom. The third kappa shape index (κ3) is 3.07. The Hall–Kier alpha value is -2.37. The highest BCUT2D eigenvalue weighted by Crippen LogP contribution is 2.23. The van der Waals surface area contributed by atoms with E-state index in [1.165, 1.54) is 18.5 Å². The molecule has 0 amide bonds. The van der Waals surface area contributed by atoms with Crippen molar-refractivity contribution in [3.8, 4) is 11.4 Å². The molecule has 0 bridgehead atoms. The number of rotatable bonds is 2. The molecule has 1 aromatic carbocycles. The van der Waals surface area contributed by atoms with E-state index in [4.69, 9.17) is 0 Å². The molecule has 2 aromatic rings.